The molecule has 1 saturated heterocycles. The maximum atomic E-state index is 11.6. The van der Waals surface area contributed by atoms with Crippen molar-refractivity contribution in [1.29, 1.82) is 0 Å². The second kappa shape index (κ2) is 12.6. The molecule has 2 N–H and O–H groups in total. The van der Waals surface area contributed by atoms with Crippen LogP contribution in [-0.4, -0.2) is 37.5 Å². The molecule has 1 aliphatic heterocycles. The zero-order chi connectivity index (χ0) is 14.9. The average molecular weight is 362 g/mol. The maximum absolute atomic E-state index is 11.6. The van der Waals surface area contributed by atoms with E-state index in [9.17, 15) is 4.79 Å². The van der Waals surface area contributed by atoms with E-state index in [1.54, 1.807) is 0 Å². The molecule has 132 valence electrons. The first-order valence-corrected chi connectivity index (χ1v) is 7.99. The molecule has 0 aliphatic carbocycles. The Morgan fingerprint density at radius 3 is 2.30 bits per heavy atom. The van der Waals surface area contributed by atoms with E-state index in [1.807, 2.05) is 7.05 Å². The van der Waals surface area contributed by atoms with Crippen LogP contribution in [0, 0.1) is 0 Å². The molecule has 1 fully saturated rings. The molecule has 0 unspecified atom stereocenters. The zero-order valence-corrected chi connectivity index (χ0v) is 15.5. The fourth-order valence-corrected chi connectivity index (χ4v) is 2.68. The molecule has 0 atom stereocenters. The highest BCUT2D eigenvalue weighted by Gasteiger charge is 2.11. The number of hydrogen-bond donors (Lipinski definition) is 2. The number of hydrogen-bond acceptors (Lipinski definition) is 3. The van der Waals surface area contributed by atoms with Gasteiger partial charge in [-0.15, -0.1) is 24.8 Å². The van der Waals surface area contributed by atoms with E-state index >= 15 is 0 Å². The van der Waals surface area contributed by atoms with Crippen LogP contribution in [-0.2, 0) is 17.9 Å². The van der Waals surface area contributed by atoms with Crippen molar-refractivity contribution in [2.24, 2.45) is 0 Å². The van der Waals surface area contributed by atoms with Gasteiger partial charge < -0.3 is 10.6 Å². The van der Waals surface area contributed by atoms with Crippen molar-refractivity contribution in [3.8, 4) is 0 Å². The SMILES string of the molecule is CNCCCC(=O)NCc1ccc(CN2CCCC2)cc1.Cl.Cl. The van der Waals surface area contributed by atoms with Crippen molar-refractivity contribution in [3.63, 3.8) is 0 Å². The topological polar surface area (TPSA) is 44.4 Å². The number of halogens is 2. The Balaban J connectivity index is 0.00000242. The Labute approximate surface area is 152 Å². The van der Waals surface area contributed by atoms with E-state index in [1.165, 1.54) is 37.1 Å². The number of amides is 1. The molecule has 1 aromatic rings. The molecule has 1 heterocycles. The van der Waals surface area contributed by atoms with Gasteiger partial charge >= 0.3 is 0 Å². The highest BCUT2D eigenvalue weighted by Crippen LogP contribution is 2.13. The summed E-state index contributed by atoms with van der Waals surface area (Å²) in [5.41, 5.74) is 2.53. The minimum Gasteiger partial charge on any atom is -0.352 e. The minimum absolute atomic E-state index is 0. The van der Waals surface area contributed by atoms with Crippen LogP contribution in [0.25, 0.3) is 0 Å². The summed E-state index contributed by atoms with van der Waals surface area (Å²) < 4.78 is 0. The first-order valence-electron chi connectivity index (χ1n) is 7.99. The number of carbonyl (C=O) groups is 1. The number of rotatable bonds is 8. The van der Waals surface area contributed by atoms with Crippen molar-refractivity contribution in [2.45, 2.75) is 38.8 Å². The number of nitrogens with one attached hydrogen (secondary N) is 2. The number of nitrogens with zero attached hydrogens (tertiary/aromatic N) is 1. The Bertz CT molecular complexity index is 434. The molecule has 0 saturated carbocycles. The van der Waals surface area contributed by atoms with Gasteiger partial charge in [-0.05, 0) is 57.1 Å². The first kappa shape index (κ1) is 22.2. The quantitative estimate of drug-likeness (QED) is 0.699. The van der Waals surface area contributed by atoms with Crippen LogP contribution in [0.5, 0.6) is 0 Å². The zero-order valence-electron chi connectivity index (χ0n) is 13.8. The molecule has 0 aromatic heterocycles. The lowest BCUT2D eigenvalue weighted by Crippen LogP contribution is -2.23. The summed E-state index contributed by atoms with van der Waals surface area (Å²) in [5.74, 6) is 0.131. The van der Waals surface area contributed by atoms with Gasteiger partial charge in [-0.25, -0.2) is 0 Å². The summed E-state index contributed by atoms with van der Waals surface area (Å²) in [7, 11) is 1.90. The van der Waals surface area contributed by atoms with Gasteiger partial charge in [-0.3, -0.25) is 9.69 Å². The Morgan fingerprint density at radius 1 is 1.09 bits per heavy atom. The van der Waals surface area contributed by atoms with Crippen molar-refractivity contribution in [1.82, 2.24) is 15.5 Å². The van der Waals surface area contributed by atoms with Crippen LogP contribution < -0.4 is 10.6 Å². The van der Waals surface area contributed by atoms with E-state index in [2.05, 4.69) is 39.8 Å². The number of benzene rings is 1. The van der Waals surface area contributed by atoms with Crippen molar-refractivity contribution >= 4 is 30.7 Å². The number of carbonyl (C=O) groups excluding carboxylic acids is 1. The third-order valence-corrected chi connectivity index (χ3v) is 3.95. The third kappa shape index (κ3) is 8.56. The molecule has 23 heavy (non-hydrogen) atoms. The average Bonchev–Trinajstić information content (AvgIpc) is 3.00. The molecule has 0 radical (unpaired) electrons. The molecule has 2 rings (SSSR count). The second-order valence-electron chi connectivity index (χ2n) is 5.78. The highest BCUT2D eigenvalue weighted by molar-refractivity contribution is 5.85. The van der Waals surface area contributed by atoms with Gasteiger partial charge in [0.05, 0.1) is 0 Å². The first-order chi connectivity index (χ1) is 10.3. The van der Waals surface area contributed by atoms with E-state index in [0.717, 1.165) is 19.5 Å². The van der Waals surface area contributed by atoms with Crippen LogP contribution >= 0.6 is 24.8 Å². The summed E-state index contributed by atoms with van der Waals surface area (Å²) in [6, 6.07) is 8.61. The molecule has 1 aliphatic rings. The molecule has 4 nitrogen and oxygen atoms in total. The van der Waals surface area contributed by atoms with Gasteiger partial charge in [-0.2, -0.15) is 0 Å². The van der Waals surface area contributed by atoms with Crippen LogP contribution in [0.1, 0.15) is 36.8 Å². The summed E-state index contributed by atoms with van der Waals surface area (Å²) in [4.78, 5) is 14.1. The summed E-state index contributed by atoms with van der Waals surface area (Å²) >= 11 is 0. The summed E-state index contributed by atoms with van der Waals surface area (Å²) in [6.07, 6.45) is 4.14. The molecule has 1 aromatic carbocycles. The molecule has 6 heteroatoms. The van der Waals surface area contributed by atoms with Gasteiger partial charge in [0.2, 0.25) is 5.91 Å². The lowest BCUT2D eigenvalue weighted by atomic mass is 10.1. The van der Waals surface area contributed by atoms with Gasteiger partial charge in [0.15, 0.2) is 0 Å². The van der Waals surface area contributed by atoms with Crippen LogP contribution in [0.3, 0.4) is 0 Å². The summed E-state index contributed by atoms with van der Waals surface area (Å²) in [6.45, 7) is 5.02. The highest BCUT2D eigenvalue weighted by atomic mass is 35.5. The van der Waals surface area contributed by atoms with E-state index < -0.39 is 0 Å². The van der Waals surface area contributed by atoms with Crippen molar-refractivity contribution < 1.29 is 4.79 Å². The van der Waals surface area contributed by atoms with Gasteiger partial charge in [0.1, 0.15) is 0 Å². The Kier molecular flexibility index (Phi) is 12.1. The monoisotopic (exact) mass is 361 g/mol. The van der Waals surface area contributed by atoms with E-state index in [0.29, 0.717) is 13.0 Å². The van der Waals surface area contributed by atoms with Gasteiger partial charge in [0.25, 0.3) is 0 Å². The predicted octanol–water partition coefficient (Wildman–Crippen LogP) is 2.74. The van der Waals surface area contributed by atoms with Crippen LogP contribution in [0.15, 0.2) is 24.3 Å². The van der Waals surface area contributed by atoms with E-state index in [4.69, 9.17) is 0 Å². The fourth-order valence-electron chi connectivity index (χ4n) is 2.68. The molecule has 0 bridgehead atoms. The summed E-state index contributed by atoms with van der Waals surface area (Å²) in [5, 5.41) is 6.02. The van der Waals surface area contributed by atoms with Gasteiger partial charge in [0, 0.05) is 19.5 Å². The Morgan fingerprint density at radius 2 is 1.70 bits per heavy atom. The largest absolute Gasteiger partial charge is 0.352 e. The number of likely N-dealkylation sites (tertiary alicyclic amines) is 1. The molecule has 1 amide bonds. The van der Waals surface area contributed by atoms with Crippen molar-refractivity contribution in [2.75, 3.05) is 26.7 Å². The van der Waals surface area contributed by atoms with Crippen LogP contribution in [0.4, 0.5) is 0 Å². The second-order valence-corrected chi connectivity index (χ2v) is 5.78. The van der Waals surface area contributed by atoms with Gasteiger partial charge in [-0.1, -0.05) is 24.3 Å². The molecule has 0 spiro atoms. The lowest BCUT2D eigenvalue weighted by molar-refractivity contribution is -0.121. The molecular formula is C17H29Cl2N3O. The minimum atomic E-state index is 0. The smallest absolute Gasteiger partial charge is 0.220 e. The lowest BCUT2D eigenvalue weighted by Gasteiger charge is -2.14. The predicted molar refractivity (Wildman–Crippen MR) is 100 cm³/mol. The van der Waals surface area contributed by atoms with E-state index in [-0.39, 0.29) is 30.7 Å². The maximum Gasteiger partial charge on any atom is 0.220 e. The Hall–Kier alpha value is -0.810. The van der Waals surface area contributed by atoms with Crippen molar-refractivity contribution in [3.05, 3.63) is 35.4 Å². The third-order valence-electron chi connectivity index (χ3n) is 3.95. The normalized spacial score (nSPS) is 14.0. The standard InChI is InChI=1S/C17H27N3O.2ClH/c1-18-10-4-5-17(21)19-13-15-6-8-16(9-7-15)14-20-11-2-3-12-20;;/h6-9,18H,2-5,10-14H2,1H3,(H,19,21);2*1H. The van der Waals surface area contributed by atoms with Crippen LogP contribution in [0.2, 0.25) is 0 Å². The fraction of sp³-hybridized carbons (Fsp3) is 0.588. The molecular weight excluding hydrogens is 333 g/mol.